The number of hydrogen-bond donors (Lipinski definition) is 0. The van der Waals surface area contributed by atoms with Gasteiger partial charge in [-0.05, 0) is 54.3 Å². The summed E-state index contributed by atoms with van der Waals surface area (Å²) in [5.74, 6) is 0.885. The Balaban J connectivity index is 2.11. The molecule has 0 bridgehead atoms. The van der Waals surface area contributed by atoms with Crippen molar-refractivity contribution in [2.24, 2.45) is 4.40 Å². The highest BCUT2D eigenvalue weighted by Gasteiger charge is 2.18. The fourth-order valence-corrected chi connectivity index (χ4v) is 3.74. The SMILES string of the molecule is Cc1ccc(C(C)C)c(OC(=NS(=O)(=O)c2ccccc2)c2ccccc2)c1. The average Bonchev–Trinajstić information content (AvgIpc) is 2.68. The van der Waals surface area contributed by atoms with E-state index in [2.05, 4.69) is 18.2 Å². The third kappa shape index (κ3) is 4.67. The highest BCUT2D eigenvalue weighted by Crippen LogP contribution is 2.29. The van der Waals surface area contributed by atoms with E-state index in [1.807, 2.05) is 43.3 Å². The molecule has 0 saturated heterocycles. The molecule has 0 N–H and O–H groups in total. The summed E-state index contributed by atoms with van der Waals surface area (Å²) in [6.07, 6.45) is 0. The van der Waals surface area contributed by atoms with Crippen molar-refractivity contribution in [3.05, 3.63) is 95.6 Å². The average molecular weight is 394 g/mol. The van der Waals surface area contributed by atoms with Crippen LogP contribution in [0.25, 0.3) is 0 Å². The van der Waals surface area contributed by atoms with E-state index in [4.69, 9.17) is 4.74 Å². The third-order valence-corrected chi connectivity index (χ3v) is 5.54. The lowest BCUT2D eigenvalue weighted by molar-refractivity contribution is 0.537. The summed E-state index contributed by atoms with van der Waals surface area (Å²) in [5, 5.41) is 0. The summed E-state index contributed by atoms with van der Waals surface area (Å²) >= 11 is 0. The first-order valence-corrected chi connectivity index (χ1v) is 10.5. The van der Waals surface area contributed by atoms with Crippen molar-refractivity contribution in [3.63, 3.8) is 0 Å². The topological polar surface area (TPSA) is 55.7 Å². The molecule has 0 aliphatic carbocycles. The van der Waals surface area contributed by atoms with Crippen molar-refractivity contribution in [3.8, 4) is 5.75 Å². The predicted molar refractivity (Wildman–Crippen MR) is 113 cm³/mol. The molecule has 3 rings (SSSR count). The molecule has 0 aromatic heterocycles. The first-order chi connectivity index (χ1) is 13.4. The molecule has 28 heavy (non-hydrogen) atoms. The summed E-state index contributed by atoms with van der Waals surface area (Å²) in [5.41, 5.74) is 2.61. The van der Waals surface area contributed by atoms with Gasteiger partial charge in [-0.1, -0.05) is 62.4 Å². The van der Waals surface area contributed by atoms with E-state index < -0.39 is 10.0 Å². The van der Waals surface area contributed by atoms with Gasteiger partial charge in [-0.25, -0.2) is 0 Å². The Morgan fingerprint density at radius 1 is 0.893 bits per heavy atom. The van der Waals surface area contributed by atoms with Crippen LogP contribution in [0.4, 0.5) is 0 Å². The van der Waals surface area contributed by atoms with E-state index >= 15 is 0 Å². The molecule has 0 aliphatic heterocycles. The normalized spacial score (nSPS) is 12.2. The second-order valence-electron chi connectivity index (χ2n) is 6.85. The smallest absolute Gasteiger partial charge is 0.285 e. The lowest BCUT2D eigenvalue weighted by atomic mass is 10.0. The van der Waals surface area contributed by atoms with Crippen molar-refractivity contribution in [1.82, 2.24) is 0 Å². The van der Waals surface area contributed by atoms with Gasteiger partial charge >= 0.3 is 0 Å². The van der Waals surface area contributed by atoms with Gasteiger partial charge in [-0.3, -0.25) is 0 Å². The van der Waals surface area contributed by atoms with Crippen LogP contribution in [0.2, 0.25) is 0 Å². The Bertz CT molecular complexity index is 1070. The molecule has 5 heteroatoms. The number of hydrogen-bond acceptors (Lipinski definition) is 3. The van der Waals surface area contributed by atoms with Gasteiger partial charge in [-0.15, -0.1) is 4.40 Å². The maximum atomic E-state index is 12.8. The van der Waals surface area contributed by atoms with E-state index in [0.29, 0.717) is 11.3 Å². The molecule has 3 aromatic rings. The summed E-state index contributed by atoms with van der Waals surface area (Å²) in [7, 11) is -3.91. The number of aryl methyl sites for hydroxylation is 1. The predicted octanol–water partition coefficient (Wildman–Crippen LogP) is 5.33. The van der Waals surface area contributed by atoms with Crippen LogP contribution in [0.3, 0.4) is 0 Å². The number of ether oxygens (including phenoxy) is 1. The van der Waals surface area contributed by atoms with Crippen LogP contribution in [-0.4, -0.2) is 14.3 Å². The quantitative estimate of drug-likeness (QED) is 0.435. The first-order valence-electron chi connectivity index (χ1n) is 9.10. The molecule has 4 nitrogen and oxygen atoms in total. The third-order valence-electron chi connectivity index (χ3n) is 4.26. The molecule has 0 aliphatic rings. The van der Waals surface area contributed by atoms with Crippen molar-refractivity contribution in [2.75, 3.05) is 0 Å². The highest BCUT2D eigenvalue weighted by atomic mass is 32.2. The van der Waals surface area contributed by atoms with E-state index in [1.54, 1.807) is 30.3 Å². The van der Waals surface area contributed by atoms with Crippen LogP contribution < -0.4 is 4.74 Å². The van der Waals surface area contributed by atoms with Crippen LogP contribution in [-0.2, 0) is 10.0 Å². The Kier molecular flexibility index (Phi) is 5.95. The molecule has 0 fully saturated rings. The van der Waals surface area contributed by atoms with Gasteiger partial charge in [-0.2, -0.15) is 8.42 Å². The second-order valence-corrected chi connectivity index (χ2v) is 8.45. The van der Waals surface area contributed by atoms with Crippen molar-refractivity contribution >= 4 is 15.9 Å². The van der Waals surface area contributed by atoms with Gasteiger partial charge in [0.25, 0.3) is 10.0 Å². The van der Waals surface area contributed by atoms with Gasteiger partial charge in [0.2, 0.25) is 5.90 Å². The maximum absolute atomic E-state index is 12.8. The zero-order valence-electron chi connectivity index (χ0n) is 16.2. The Hall–Kier alpha value is -2.92. The molecule has 0 atom stereocenters. The molecule has 144 valence electrons. The van der Waals surface area contributed by atoms with Crippen molar-refractivity contribution in [1.29, 1.82) is 0 Å². The number of rotatable bonds is 5. The number of sulfonamides is 1. The van der Waals surface area contributed by atoms with E-state index in [1.165, 1.54) is 12.1 Å². The minimum Gasteiger partial charge on any atom is -0.437 e. The lowest BCUT2D eigenvalue weighted by Gasteiger charge is -2.16. The lowest BCUT2D eigenvalue weighted by Crippen LogP contribution is -2.15. The summed E-state index contributed by atoms with van der Waals surface area (Å²) in [6.45, 7) is 6.10. The van der Waals surface area contributed by atoms with Crippen LogP contribution in [0.15, 0.2) is 88.2 Å². The van der Waals surface area contributed by atoms with Gasteiger partial charge in [0.05, 0.1) is 4.90 Å². The highest BCUT2D eigenvalue weighted by molar-refractivity contribution is 7.90. The summed E-state index contributed by atoms with van der Waals surface area (Å²) in [6, 6.07) is 23.1. The molecule has 0 spiro atoms. The molecule has 0 unspecified atom stereocenters. The van der Waals surface area contributed by atoms with Crippen LogP contribution in [0.1, 0.15) is 36.5 Å². The maximum Gasteiger partial charge on any atom is 0.285 e. The van der Waals surface area contributed by atoms with Crippen LogP contribution >= 0.6 is 0 Å². The number of nitrogens with zero attached hydrogens (tertiary/aromatic N) is 1. The number of benzene rings is 3. The van der Waals surface area contributed by atoms with Gasteiger partial charge in [0, 0.05) is 5.56 Å². The monoisotopic (exact) mass is 393 g/mol. The largest absolute Gasteiger partial charge is 0.437 e. The molecular formula is C23H23NO3S. The standard InChI is InChI=1S/C23H23NO3S/c1-17(2)21-15-14-18(3)16-22(21)27-23(19-10-6-4-7-11-19)24-28(25,26)20-12-8-5-9-13-20/h4-17H,1-3H3. The van der Waals surface area contributed by atoms with Crippen molar-refractivity contribution < 1.29 is 13.2 Å². The summed E-state index contributed by atoms with van der Waals surface area (Å²) in [4.78, 5) is 0.125. The molecule has 3 aromatic carbocycles. The van der Waals surface area contributed by atoms with Gasteiger partial charge < -0.3 is 4.74 Å². The zero-order chi connectivity index (χ0) is 20.1. The second kappa shape index (κ2) is 8.40. The molecule has 0 amide bonds. The van der Waals surface area contributed by atoms with Gasteiger partial charge in [0.15, 0.2) is 0 Å². The Labute approximate surface area is 166 Å². The van der Waals surface area contributed by atoms with Crippen molar-refractivity contribution in [2.45, 2.75) is 31.6 Å². The molecular weight excluding hydrogens is 370 g/mol. The van der Waals surface area contributed by atoms with E-state index in [0.717, 1.165) is 11.1 Å². The first kappa shape index (κ1) is 19.8. The zero-order valence-corrected chi connectivity index (χ0v) is 17.0. The van der Waals surface area contributed by atoms with E-state index in [9.17, 15) is 8.42 Å². The Morgan fingerprint density at radius 2 is 1.50 bits per heavy atom. The molecule has 0 heterocycles. The molecule has 0 saturated carbocycles. The minimum absolute atomic E-state index is 0.0527. The minimum atomic E-state index is -3.91. The van der Waals surface area contributed by atoms with Crippen LogP contribution in [0, 0.1) is 6.92 Å². The Morgan fingerprint density at radius 3 is 2.11 bits per heavy atom. The molecule has 0 radical (unpaired) electrons. The fourth-order valence-electron chi connectivity index (χ4n) is 2.78. The van der Waals surface area contributed by atoms with Gasteiger partial charge in [0.1, 0.15) is 5.75 Å². The van der Waals surface area contributed by atoms with E-state index in [-0.39, 0.29) is 16.7 Å². The summed E-state index contributed by atoms with van der Waals surface area (Å²) < 4.78 is 35.8. The fraction of sp³-hybridized carbons (Fsp3) is 0.174. The van der Waals surface area contributed by atoms with Crippen LogP contribution in [0.5, 0.6) is 5.75 Å².